The average Bonchev–Trinajstić information content (AvgIpc) is 2.49. The van der Waals surface area contributed by atoms with Crippen LogP contribution in [-0.4, -0.2) is 16.9 Å². The number of hydrogen-bond acceptors (Lipinski definition) is 2. The Balaban J connectivity index is 2.32. The molecule has 0 amide bonds. The van der Waals surface area contributed by atoms with E-state index in [1.54, 1.807) is 12.1 Å². The molecule has 1 aromatic carbocycles. The normalized spacial score (nSPS) is 10.5. The second kappa shape index (κ2) is 10.1. The third-order valence-electron chi connectivity index (χ3n) is 3.76. The van der Waals surface area contributed by atoms with E-state index in [1.165, 1.54) is 38.5 Å². The molecule has 0 saturated heterocycles. The second-order valence-electron chi connectivity index (χ2n) is 5.52. The van der Waals surface area contributed by atoms with Gasteiger partial charge in [0, 0.05) is 5.56 Å². The number of carbonyl (C=O) groups is 2. The zero-order valence-electron chi connectivity index (χ0n) is 12.9. The number of rotatable bonds is 11. The quantitative estimate of drug-likeness (QED) is 0.367. The zero-order chi connectivity index (χ0) is 15.5. The first-order chi connectivity index (χ1) is 10.2. The molecule has 0 saturated carbocycles. The Morgan fingerprint density at radius 3 is 2.10 bits per heavy atom. The van der Waals surface area contributed by atoms with Crippen LogP contribution in [0.15, 0.2) is 24.3 Å². The van der Waals surface area contributed by atoms with Gasteiger partial charge >= 0.3 is 5.97 Å². The molecule has 0 radical (unpaired) electrons. The van der Waals surface area contributed by atoms with Gasteiger partial charge in [0.05, 0.1) is 0 Å². The van der Waals surface area contributed by atoms with Crippen molar-refractivity contribution in [2.45, 2.75) is 64.7 Å². The van der Waals surface area contributed by atoms with E-state index >= 15 is 0 Å². The predicted molar refractivity (Wildman–Crippen MR) is 84.7 cm³/mol. The highest BCUT2D eigenvalue weighted by Gasteiger charge is 2.17. The van der Waals surface area contributed by atoms with Crippen molar-refractivity contribution < 1.29 is 14.7 Å². The fraction of sp³-hybridized carbons (Fsp3) is 0.556. The number of unbranched alkanes of at least 4 members (excludes halogenated alkanes) is 7. The summed E-state index contributed by atoms with van der Waals surface area (Å²) in [5, 5.41) is 8.82. The standard InChI is InChI=1S/C18H26O3/c1-2-3-4-5-6-7-8-9-12-15-13-10-11-14-16(15)17(19)18(20)21/h10-11,13-14H,2-9,12H2,1H3,(H,20,21). The maximum atomic E-state index is 11.6. The van der Waals surface area contributed by atoms with E-state index in [9.17, 15) is 9.59 Å². The Bertz CT molecular complexity index is 452. The highest BCUT2D eigenvalue weighted by molar-refractivity contribution is 6.40. The van der Waals surface area contributed by atoms with E-state index in [1.807, 2.05) is 12.1 Å². The number of carbonyl (C=O) groups excluding carboxylic acids is 1. The van der Waals surface area contributed by atoms with Gasteiger partial charge in [0.1, 0.15) is 0 Å². The summed E-state index contributed by atoms with van der Waals surface area (Å²) in [6.45, 7) is 2.22. The predicted octanol–water partition coefficient (Wildman–Crippen LogP) is 4.64. The second-order valence-corrected chi connectivity index (χ2v) is 5.52. The lowest BCUT2D eigenvalue weighted by atomic mass is 9.98. The van der Waals surface area contributed by atoms with E-state index in [4.69, 9.17) is 5.11 Å². The van der Waals surface area contributed by atoms with E-state index in [0.29, 0.717) is 5.56 Å². The number of benzene rings is 1. The van der Waals surface area contributed by atoms with Crippen molar-refractivity contribution in [1.82, 2.24) is 0 Å². The molecule has 116 valence electrons. The van der Waals surface area contributed by atoms with Crippen molar-refractivity contribution in [3.05, 3.63) is 35.4 Å². The highest BCUT2D eigenvalue weighted by atomic mass is 16.4. The van der Waals surface area contributed by atoms with E-state index in [-0.39, 0.29) is 0 Å². The molecule has 0 unspecified atom stereocenters. The largest absolute Gasteiger partial charge is 0.475 e. The summed E-state index contributed by atoms with van der Waals surface area (Å²) in [7, 11) is 0. The fourth-order valence-corrected chi connectivity index (χ4v) is 2.52. The van der Waals surface area contributed by atoms with Crippen molar-refractivity contribution in [3.63, 3.8) is 0 Å². The van der Waals surface area contributed by atoms with Gasteiger partial charge in [-0.1, -0.05) is 76.1 Å². The Morgan fingerprint density at radius 2 is 1.48 bits per heavy atom. The lowest BCUT2D eigenvalue weighted by molar-refractivity contribution is -0.131. The first-order valence-corrected chi connectivity index (χ1v) is 8.02. The lowest BCUT2D eigenvalue weighted by Crippen LogP contribution is -2.14. The minimum absolute atomic E-state index is 0.341. The van der Waals surface area contributed by atoms with Gasteiger partial charge < -0.3 is 5.11 Å². The van der Waals surface area contributed by atoms with E-state index in [0.717, 1.165) is 24.8 Å². The number of carboxylic acids is 1. The Hall–Kier alpha value is -1.64. The highest BCUT2D eigenvalue weighted by Crippen LogP contribution is 2.15. The van der Waals surface area contributed by atoms with Gasteiger partial charge in [0.15, 0.2) is 0 Å². The van der Waals surface area contributed by atoms with Crippen LogP contribution >= 0.6 is 0 Å². The third kappa shape index (κ3) is 6.56. The molecule has 3 heteroatoms. The van der Waals surface area contributed by atoms with Crippen molar-refractivity contribution >= 4 is 11.8 Å². The lowest BCUT2D eigenvalue weighted by Gasteiger charge is -2.06. The van der Waals surface area contributed by atoms with E-state index < -0.39 is 11.8 Å². The molecule has 0 aliphatic heterocycles. The molecule has 0 atom stereocenters. The summed E-state index contributed by atoms with van der Waals surface area (Å²) in [5.74, 6) is -2.18. The topological polar surface area (TPSA) is 54.4 Å². The number of hydrogen-bond donors (Lipinski definition) is 1. The molecule has 1 aromatic rings. The van der Waals surface area contributed by atoms with Crippen LogP contribution in [0, 0.1) is 0 Å². The van der Waals surface area contributed by atoms with Crippen LogP contribution in [0.4, 0.5) is 0 Å². The van der Waals surface area contributed by atoms with Crippen molar-refractivity contribution in [1.29, 1.82) is 0 Å². The first kappa shape index (κ1) is 17.4. The molecule has 1 N–H and O–H groups in total. The number of carboxylic acid groups (broad SMARTS) is 1. The van der Waals surface area contributed by atoms with Gasteiger partial charge in [-0.25, -0.2) is 4.79 Å². The summed E-state index contributed by atoms with van der Waals surface area (Å²) in [5.41, 5.74) is 1.20. The fourth-order valence-electron chi connectivity index (χ4n) is 2.52. The van der Waals surface area contributed by atoms with Crippen molar-refractivity contribution in [3.8, 4) is 0 Å². The summed E-state index contributed by atoms with van der Waals surface area (Å²) in [6, 6.07) is 7.04. The van der Waals surface area contributed by atoms with Gasteiger partial charge in [-0.15, -0.1) is 0 Å². The van der Waals surface area contributed by atoms with Crippen molar-refractivity contribution in [2.75, 3.05) is 0 Å². The molecule has 3 nitrogen and oxygen atoms in total. The number of ketones is 1. The number of aryl methyl sites for hydroxylation is 1. The SMILES string of the molecule is CCCCCCCCCCc1ccccc1C(=O)C(=O)O. The van der Waals surface area contributed by atoms with Gasteiger partial charge in [0.25, 0.3) is 5.78 Å². The summed E-state index contributed by atoms with van der Waals surface area (Å²) < 4.78 is 0. The molecule has 1 rings (SSSR count). The van der Waals surface area contributed by atoms with Crippen LogP contribution in [0.25, 0.3) is 0 Å². The molecule has 0 aliphatic rings. The molecular formula is C18H26O3. The van der Waals surface area contributed by atoms with Crippen LogP contribution < -0.4 is 0 Å². The first-order valence-electron chi connectivity index (χ1n) is 8.02. The number of aliphatic carboxylic acids is 1. The molecule has 0 spiro atoms. The van der Waals surface area contributed by atoms with Gasteiger partial charge in [-0.3, -0.25) is 4.79 Å². The maximum absolute atomic E-state index is 11.6. The molecule has 0 fully saturated rings. The average molecular weight is 290 g/mol. The summed E-state index contributed by atoms with van der Waals surface area (Å²) in [4.78, 5) is 22.4. The van der Waals surface area contributed by atoms with E-state index in [2.05, 4.69) is 6.92 Å². The molecular weight excluding hydrogens is 264 g/mol. The molecule has 21 heavy (non-hydrogen) atoms. The molecule has 0 heterocycles. The van der Waals surface area contributed by atoms with Crippen LogP contribution in [0.1, 0.15) is 74.2 Å². The minimum atomic E-state index is -1.38. The Kier molecular flexibility index (Phi) is 8.41. The Morgan fingerprint density at radius 1 is 0.905 bits per heavy atom. The molecule has 0 aliphatic carbocycles. The van der Waals surface area contributed by atoms with Crippen molar-refractivity contribution in [2.24, 2.45) is 0 Å². The monoisotopic (exact) mass is 290 g/mol. The smallest absolute Gasteiger partial charge is 0.377 e. The maximum Gasteiger partial charge on any atom is 0.377 e. The van der Waals surface area contributed by atoms with Crippen LogP contribution in [0.3, 0.4) is 0 Å². The zero-order valence-corrected chi connectivity index (χ0v) is 12.9. The molecule has 0 aromatic heterocycles. The van der Waals surface area contributed by atoms with Gasteiger partial charge in [-0.05, 0) is 18.4 Å². The number of Topliss-reactive ketones (excluding diaryl/α,β-unsaturated/α-hetero) is 1. The van der Waals surface area contributed by atoms with Gasteiger partial charge in [-0.2, -0.15) is 0 Å². The summed E-state index contributed by atoms with van der Waals surface area (Å²) >= 11 is 0. The minimum Gasteiger partial charge on any atom is -0.475 e. The third-order valence-corrected chi connectivity index (χ3v) is 3.76. The summed E-state index contributed by atoms with van der Waals surface area (Å²) in [6.07, 6.45) is 10.7. The molecule has 0 bridgehead atoms. The Labute approximate surface area is 127 Å². The van der Waals surface area contributed by atoms with Crippen LogP contribution in [-0.2, 0) is 11.2 Å². The van der Waals surface area contributed by atoms with Crippen LogP contribution in [0.5, 0.6) is 0 Å². The van der Waals surface area contributed by atoms with Gasteiger partial charge in [0.2, 0.25) is 0 Å². The van der Waals surface area contributed by atoms with Crippen LogP contribution in [0.2, 0.25) is 0 Å².